The summed E-state index contributed by atoms with van der Waals surface area (Å²) in [4.78, 5) is 24.6. The zero-order valence-electron chi connectivity index (χ0n) is 10.0. The van der Waals surface area contributed by atoms with Gasteiger partial charge in [0.1, 0.15) is 17.6 Å². The smallest absolute Gasteiger partial charge is 0.342 e. The average molecular weight is 253 g/mol. The Morgan fingerprint density at radius 2 is 2.28 bits per heavy atom. The van der Waals surface area contributed by atoms with Crippen LogP contribution in [0.15, 0.2) is 12.3 Å². The Bertz CT molecular complexity index is 448. The molecule has 0 saturated heterocycles. The minimum Gasteiger partial charge on any atom is -0.477 e. The molecule has 98 valence electrons. The molecule has 1 aromatic heterocycles. The van der Waals surface area contributed by atoms with Crippen molar-refractivity contribution >= 4 is 17.5 Å². The Morgan fingerprint density at radius 1 is 1.56 bits per heavy atom. The predicted molar refractivity (Wildman–Crippen MR) is 65.9 cm³/mol. The van der Waals surface area contributed by atoms with Crippen molar-refractivity contribution in [2.45, 2.75) is 26.2 Å². The fraction of sp³-hybridized carbons (Fsp3) is 0.455. The number of nitrogens with zero attached hydrogens (tertiary/aromatic N) is 2. The van der Waals surface area contributed by atoms with Crippen LogP contribution < -0.4 is 5.32 Å². The normalized spacial score (nSPS) is 10.1. The van der Waals surface area contributed by atoms with Crippen LogP contribution in [0.2, 0.25) is 0 Å². The maximum atomic E-state index is 10.9. The monoisotopic (exact) mass is 253 g/mol. The van der Waals surface area contributed by atoms with E-state index in [1.807, 2.05) is 0 Å². The van der Waals surface area contributed by atoms with Crippen molar-refractivity contribution in [2.75, 3.05) is 11.9 Å². The number of carbonyl (C=O) groups is 1. The molecule has 7 nitrogen and oxygen atoms in total. The number of nitro groups is 1. The number of hydrogen-bond acceptors (Lipinski definition) is 5. The van der Waals surface area contributed by atoms with Crippen LogP contribution in [-0.2, 0) is 0 Å². The van der Waals surface area contributed by atoms with Crippen LogP contribution in [0.4, 0.5) is 11.5 Å². The SMILES string of the molecule is CCCCCNc1cc(C(=O)O)c([N+](=O)[O-])cn1. The number of anilines is 1. The van der Waals surface area contributed by atoms with Gasteiger partial charge in [-0.25, -0.2) is 9.78 Å². The van der Waals surface area contributed by atoms with Crippen molar-refractivity contribution in [2.24, 2.45) is 0 Å². The number of carboxylic acids is 1. The lowest BCUT2D eigenvalue weighted by Crippen LogP contribution is -2.08. The Labute approximate surface area is 104 Å². The highest BCUT2D eigenvalue weighted by molar-refractivity contribution is 5.93. The molecule has 7 heteroatoms. The summed E-state index contributed by atoms with van der Waals surface area (Å²) in [5, 5.41) is 22.5. The van der Waals surface area contributed by atoms with Gasteiger partial charge in [0.05, 0.1) is 4.92 Å². The summed E-state index contributed by atoms with van der Waals surface area (Å²) in [6, 6.07) is 1.19. The number of aromatic carboxylic acids is 1. The van der Waals surface area contributed by atoms with Gasteiger partial charge < -0.3 is 10.4 Å². The highest BCUT2D eigenvalue weighted by Gasteiger charge is 2.20. The summed E-state index contributed by atoms with van der Waals surface area (Å²) in [6.07, 6.45) is 4.05. The second kappa shape index (κ2) is 6.53. The van der Waals surface area contributed by atoms with Crippen molar-refractivity contribution in [3.8, 4) is 0 Å². The first-order chi connectivity index (χ1) is 8.56. The van der Waals surface area contributed by atoms with Crippen LogP contribution >= 0.6 is 0 Å². The van der Waals surface area contributed by atoms with Gasteiger partial charge in [0.15, 0.2) is 0 Å². The predicted octanol–water partition coefficient (Wildman–Crippen LogP) is 2.29. The minimum atomic E-state index is -1.33. The van der Waals surface area contributed by atoms with Crippen molar-refractivity contribution in [3.05, 3.63) is 27.9 Å². The van der Waals surface area contributed by atoms with Crippen molar-refractivity contribution in [3.63, 3.8) is 0 Å². The van der Waals surface area contributed by atoms with E-state index in [0.29, 0.717) is 12.4 Å². The molecule has 0 aromatic carbocycles. The molecule has 1 heterocycles. The molecule has 1 rings (SSSR count). The van der Waals surface area contributed by atoms with Crippen LogP contribution in [0.25, 0.3) is 0 Å². The maximum absolute atomic E-state index is 10.9. The number of unbranched alkanes of at least 4 members (excludes halogenated alkanes) is 2. The summed E-state index contributed by atoms with van der Waals surface area (Å²) in [7, 11) is 0. The van der Waals surface area contributed by atoms with Crippen molar-refractivity contribution in [1.29, 1.82) is 0 Å². The summed E-state index contributed by atoms with van der Waals surface area (Å²) in [5.41, 5.74) is -0.852. The standard InChI is InChI=1S/C11H15N3O4/c1-2-3-4-5-12-10-6-8(11(15)16)9(7-13-10)14(17)18/h6-7H,2-5H2,1H3,(H,12,13)(H,15,16). The van der Waals surface area contributed by atoms with E-state index in [1.165, 1.54) is 6.07 Å². The molecule has 18 heavy (non-hydrogen) atoms. The quantitative estimate of drug-likeness (QED) is 0.438. The minimum absolute atomic E-state index is 0.342. The summed E-state index contributed by atoms with van der Waals surface area (Å²) >= 11 is 0. The third kappa shape index (κ3) is 3.69. The molecule has 0 aliphatic rings. The number of rotatable bonds is 7. The molecule has 0 bridgehead atoms. The van der Waals surface area contributed by atoms with Crippen LogP contribution in [0, 0.1) is 10.1 Å². The molecule has 0 atom stereocenters. The van der Waals surface area contributed by atoms with E-state index in [1.54, 1.807) is 0 Å². The molecule has 0 spiro atoms. The third-order valence-corrected chi connectivity index (χ3v) is 2.40. The largest absolute Gasteiger partial charge is 0.477 e. The number of hydrogen-bond donors (Lipinski definition) is 2. The second-order valence-electron chi connectivity index (χ2n) is 3.78. The van der Waals surface area contributed by atoms with Crippen LogP contribution in [0.5, 0.6) is 0 Å². The highest BCUT2D eigenvalue weighted by atomic mass is 16.6. The van der Waals surface area contributed by atoms with Gasteiger partial charge in [0, 0.05) is 12.6 Å². The van der Waals surface area contributed by atoms with Gasteiger partial charge >= 0.3 is 11.7 Å². The lowest BCUT2D eigenvalue weighted by atomic mass is 10.2. The fourth-order valence-electron chi connectivity index (χ4n) is 1.45. The van der Waals surface area contributed by atoms with Gasteiger partial charge in [-0.15, -0.1) is 0 Å². The van der Waals surface area contributed by atoms with Gasteiger partial charge in [-0.3, -0.25) is 10.1 Å². The van der Waals surface area contributed by atoms with Gasteiger partial charge in [-0.05, 0) is 6.42 Å². The fourth-order valence-corrected chi connectivity index (χ4v) is 1.45. The van der Waals surface area contributed by atoms with E-state index >= 15 is 0 Å². The van der Waals surface area contributed by atoms with Gasteiger partial charge in [0.2, 0.25) is 0 Å². The number of aromatic nitrogens is 1. The summed E-state index contributed by atoms with van der Waals surface area (Å²) in [6.45, 7) is 2.74. The maximum Gasteiger partial charge on any atom is 0.342 e. The van der Waals surface area contributed by atoms with Crippen molar-refractivity contribution < 1.29 is 14.8 Å². The highest BCUT2D eigenvalue weighted by Crippen LogP contribution is 2.20. The molecule has 0 unspecified atom stereocenters. The van der Waals surface area contributed by atoms with E-state index in [4.69, 9.17) is 5.11 Å². The van der Waals surface area contributed by atoms with Gasteiger partial charge in [0.25, 0.3) is 0 Å². The Hall–Kier alpha value is -2.18. The van der Waals surface area contributed by atoms with E-state index in [9.17, 15) is 14.9 Å². The third-order valence-electron chi connectivity index (χ3n) is 2.40. The topological polar surface area (TPSA) is 105 Å². The average Bonchev–Trinajstić information content (AvgIpc) is 2.34. The molecule has 2 N–H and O–H groups in total. The zero-order valence-corrected chi connectivity index (χ0v) is 10.0. The molecular formula is C11H15N3O4. The van der Waals surface area contributed by atoms with Crippen LogP contribution in [0.1, 0.15) is 36.5 Å². The van der Waals surface area contributed by atoms with E-state index in [-0.39, 0.29) is 5.56 Å². The first-order valence-corrected chi connectivity index (χ1v) is 5.67. The van der Waals surface area contributed by atoms with E-state index in [0.717, 1.165) is 25.5 Å². The van der Waals surface area contributed by atoms with Gasteiger partial charge in [-0.2, -0.15) is 0 Å². The lowest BCUT2D eigenvalue weighted by molar-refractivity contribution is -0.385. The van der Waals surface area contributed by atoms with Crippen molar-refractivity contribution in [1.82, 2.24) is 4.98 Å². The zero-order chi connectivity index (χ0) is 13.5. The lowest BCUT2D eigenvalue weighted by Gasteiger charge is -2.05. The number of pyridine rings is 1. The number of carboxylic acid groups (broad SMARTS) is 1. The van der Waals surface area contributed by atoms with Crippen LogP contribution in [-0.4, -0.2) is 27.5 Å². The molecule has 0 aliphatic carbocycles. The molecule has 0 radical (unpaired) electrons. The van der Waals surface area contributed by atoms with Crippen LogP contribution in [0.3, 0.4) is 0 Å². The second-order valence-corrected chi connectivity index (χ2v) is 3.78. The molecule has 0 amide bonds. The molecule has 0 saturated carbocycles. The van der Waals surface area contributed by atoms with E-state index in [2.05, 4.69) is 17.2 Å². The van der Waals surface area contributed by atoms with Gasteiger partial charge in [-0.1, -0.05) is 19.8 Å². The molecule has 0 fully saturated rings. The first-order valence-electron chi connectivity index (χ1n) is 5.67. The molecule has 1 aromatic rings. The first kappa shape index (κ1) is 13.9. The summed E-state index contributed by atoms with van der Waals surface area (Å²) in [5.74, 6) is -0.991. The molecular weight excluding hydrogens is 238 g/mol. The Kier molecular flexibility index (Phi) is 5.04. The molecule has 0 aliphatic heterocycles. The Morgan fingerprint density at radius 3 is 2.83 bits per heavy atom. The van der Waals surface area contributed by atoms with E-state index < -0.39 is 16.6 Å². The Balaban J connectivity index is 2.80. The summed E-state index contributed by atoms with van der Waals surface area (Å²) < 4.78 is 0. The number of nitrogens with one attached hydrogen (secondary N) is 1.